The molecule has 0 aliphatic carbocycles. The van der Waals surface area contributed by atoms with Crippen molar-refractivity contribution >= 4 is 22.5 Å². The van der Waals surface area contributed by atoms with E-state index in [1.807, 2.05) is 97.9 Å². The number of ether oxygens (including phenoxy) is 3. The molecule has 4 aromatic carbocycles. The second kappa shape index (κ2) is 15.5. The Balaban J connectivity index is 1.13. The number of methoxy groups -OCH3 is 1. The van der Waals surface area contributed by atoms with E-state index in [-0.39, 0.29) is 12.3 Å². The topological polar surface area (TPSA) is 112 Å². The van der Waals surface area contributed by atoms with E-state index in [1.54, 1.807) is 7.11 Å². The molecule has 0 saturated heterocycles. The maximum absolute atomic E-state index is 11.9. The number of benzene rings is 4. The van der Waals surface area contributed by atoms with Crippen LogP contribution in [0.4, 0.5) is 5.69 Å². The van der Waals surface area contributed by atoms with E-state index in [4.69, 9.17) is 19.9 Å². The number of hydrogen-bond donors (Lipinski definition) is 2. The molecule has 0 spiro atoms. The molecule has 0 bridgehead atoms. The zero-order valence-corrected chi connectivity index (χ0v) is 26.4. The average molecular weight is 617 g/mol. The number of nitrogens with zero attached hydrogens (tertiary/aromatic N) is 2. The van der Waals surface area contributed by atoms with Crippen LogP contribution in [-0.4, -0.2) is 30.8 Å². The van der Waals surface area contributed by atoms with Crippen LogP contribution < -0.4 is 25.3 Å². The number of hydrogen-bond acceptors (Lipinski definition) is 6. The molecule has 236 valence electrons. The van der Waals surface area contributed by atoms with Crippen molar-refractivity contribution in [2.45, 2.75) is 45.2 Å². The minimum absolute atomic E-state index is 0.168. The number of carbonyl (C=O) groups excluding carboxylic acids is 1. The lowest BCUT2D eigenvalue weighted by atomic mass is 10.1. The number of primary amides is 1. The monoisotopic (exact) mass is 616 g/mol. The van der Waals surface area contributed by atoms with Crippen LogP contribution in [0, 0.1) is 18.3 Å². The largest absolute Gasteiger partial charge is 0.497 e. The van der Waals surface area contributed by atoms with Crippen molar-refractivity contribution in [1.82, 2.24) is 4.57 Å². The molecule has 1 amide bonds. The van der Waals surface area contributed by atoms with Crippen molar-refractivity contribution in [3.63, 3.8) is 0 Å². The highest BCUT2D eigenvalue weighted by Crippen LogP contribution is 2.32. The Morgan fingerprint density at radius 2 is 1.65 bits per heavy atom. The number of amides is 1. The van der Waals surface area contributed by atoms with Gasteiger partial charge in [0.2, 0.25) is 5.91 Å². The number of para-hydroxylation sites is 2. The van der Waals surface area contributed by atoms with Crippen LogP contribution in [-0.2, 0) is 17.8 Å². The van der Waals surface area contributed by atoms with Crippen LogP contribution in [0.25, 0.3) is 10.9 Å². The van der Waals surface area contributed by atoms with Gasteiger partial charge in [-0.05, 0) is 85.8 Å². The van der Waals surface area contributed by atoms with Gasteiger partial charge in [0.1, 0.15) is 23.3 Å². The molecule has 0 fully saturated rings. The first kappa shape index (κ1) is 32.0. The SMILES string of the molecule is COc1ccc2c(c1)c(CC(N)=O)c(C)n2Cc1ccccc1OCCCCCOc1cccc(C(C#N)Nc2ccccc2)c1. The van der Waals surface area contributed by atoms with Crippen LogP contribution in [0.15, 0.2) is 97.1 Å². The summed E-state index contributed by atoms with van der Waals surface area (Å²) in [5, 5.41) is 13.9. The zero-order chi connectivity index (χ0) is 32.3. The fraction of sp³-hybridized carbons (Fsp3) is 0.263. The molecule has 0 saturated carbocycles. The smallest absolute Gasteiger partial charge is 0.221 e. The summed E-state index contributed by atoms with van der Waals surface area (Å²) in [6.45, 7) is 3.80. The molecular formula is C38H40N4O4. The lowest BCUT2D eigenvalue weighted by Crippen LogP contribution is -2.14. The van der Waals surface area contributed by atoms with Crippen molar-refractivity contribution in [3.8, 4) is 23.3 Å². The summed E-state index contributed by atoms with van der Waals surface area (Å²) in [6, 6.07) is 33.3. The molecule has 0 aliphatic rings. The van der Waals surface area contributed by atoms with Crippen LogP contribution in [0.5, 0.6) is 17.2 Å². The van der Waals surface area contributed by atoms with E-state index < -0.39 is 6.04 Å². The van der Waals surface area contributed by atoms with Gasteiger partial charge in [-0.2, -0.15) is 5.26 Å². The standard InChI is InChI=1S/C38H40N4O4/c1-27-33(24-38(40)43)34-23-31(44-2)18-19-36(34)42(27)26-29-12-7-8-17-37(29)46-21-10-4-9-20-45-32-16-11-13-28(22-32)35(25-39)41-30-14-5-3-6-15-30/h3,5-8,11-19,22-23,35,41H,4,9-10,20-21,24,26H2,1-2H3,(H2,40,43). The second-order valence-corrected chi connectivity index (χ2v) is 11.2. The number of carbonyl (C=O) groups is 1. The van der Waals surface area contributed by atoms with Gasteiger partial charge >= 0.3 is 0 Å². The predicted octanol–water partition coefficient (Wildman–Crippen LogP) is 7.34. The van der Waals surface area contributed by atoms with Crippen LogP contribution in [0.3, 0.4) is 0 Å². The quantitative estimate of drug-likeness (QED) is 0.112. The fourth-order valence-corrected chi connectivity index (χ4v) is 5.63. The number of anilines is 1. The lowest BCUT2D eigenvalue weighted by Gasteiger charge is -2.15. The maximum Gasteiger partial charge on any atom is 0.221 e. The zero-order valence-electron chi connectivity index (χ0n) is 26.4. The molecule has 0 aliphatic heterocycles. The minimum Gasteiger partial charge on any atom is -0.497 e. The average Bonchev–Trinajstić information content (AvgIpc) is 3.32. The Kier molecular flexibility index (Phi) is 10.8. The van der Waals surface area contributed by atoms with Crippen LogP contribution in [0.1, 0.15) is 47.7 Å². The van der Waals surface area contributed by atoms with Crippen molar-refractivity contribution in [3.05, 3.63) is 119 Å². The first-order chi connectivity index (χ1) is 22.5. The summed E-state index contributed by atoms with van der Waals surface area (Å²) in [5.41, 5.74) is 11.4. The molecule has 1 aromatic heterocycles. The highest BCUT2D eigenvalue weighted by Gasteiger charge is 2.18. The van der Waals surface area contributed by atoms with Gasteiger partial charge in [-0.15, -0.1) is 0 Å². The third-order valence-corrected chi connectivity index (χ3v) is 8.03. The Labute approximate surface area is 270 Å². The Morgan fingerprint density at radius 1 is 0.891 bits per heavy atom. The molecule has 8 nitrogen and oxygen atoms in total. The third-order valence-electron chi connectivity index (χ3n) is 8.03. The number of aromatic nitrogens is 1. The van der Waals surface area contributed by atoms with Crippen LogP contribution >= 0.6 is 0 Å². The number of nitrogens with one attached hydrogen (secondary N) is 1. The number of nitrogens with two attached hydrogens (primary N) is 1. The highest BCUT2D eigenvalue weighted by atomic mass is 16.5. The molecule has 5 rings (SSSR count). The van der Waals surface area contributed by atoms with Crippen molar-refractivity contribution in [2.75, 3.05) is 25.6 Å². The van der Waals surface area contributed by atoms with Crippen molar-refractivity contribution < 1.29 is 19.0 Å². The molecular weight excluding hydrogens is 576 g/mol. The van der Waals surface area contributed by atoms with Crippen molar-refractivity contribution in [2.24, 2.45) is 5.73 Å². The van der Waals surface area contributed by atoms with Gasteiger partial charge in [0.15, 0.2) is 0 Å². The molecule has 1 atom stereocenters. The van der Waals surface area contributed by atoms with Gasteiger partial charge < -0.3 is 29.8 Å². The van der Waals surface area contributed by atoms with E-state index in [2.05, 4.69) is 22.0 Å². The molecule has 8 heteroatoms. The molecule has 1 unspecified atom stereocenters. The highest BCUT2D eigenvalue weighted by molar-refractivity contribution is 5.91. The summed E-state index contributed by atoms with van der Waals surface area (Å²) in [6.07, 6.45) is 2.91. The molecule has 1 heterocycles. The maximum atomic E-state index is 11.9. The van der Waals surface area contributed by atoms with E-state index in [1.165, 1.54) is 0 Å². The second-order valence-electron chi connectivity index (χ2n) is 11.2. The summed E-state index contributed by atoms with van der Waals surface area (Å²) in [4.78, 5) is 11.9. The van der Waals surface area contributed by atoms with Gasteiger partial charge in [0.25, 0.3) is 0 Å². The van der Waals surface area contributed by atoms with Gasteiger partial charge in [0, 0.05) is 27.8 Å². The summed E-state index contributed by atoms with van der Waals surface area (Å²) < 4.78 is 19.9. The summed E-state index contributed by atoms with van der Waals surface area (Å²) >= 11 is 0. The van der Waals surface area contributed by atoms with Gasteiger partial charge in [-0.25, -0.2) is 0 Å². The summed E-state index contributed by atoms with van der Waals surface area (Å²) in [5.74, 6) is 1.97. The number of rotatable bonds is 16. The number of unbranched alkanes of at least 4 members (excludes halogenated alkanes) is 2. The molecule has 5 aromatic rings. The lowest BCUT2D eigenvalue weighted by molar-refractivity contribution is -0.117. The minimum atomic E-state index is -0.466. The van der Waals surface area contributed by atoms with E-state index in [0.29, 0.717) is 19.8 Å². The molecule has 3 N–H and O–H groups in total. The van der Waals surface area contributed by atoms with E-state index in [9.17, 15) is 10.1 Å². The first-order valence-corrected chi connectivity index (χ1v) is 15.6. The summed E-state index contributed by atoms with van der Waals surface area (Å²) in [7, 11) is 1.63. The van der Waals surface area contributed by atoms with E-state index in [0.717, 1.165) is 75.5 Å². The fourth-order valence-electron chi connectivity index (χ4n) is 5.63. The first-order valence-electron chi connectivity index (χ1n) is 15.6. The normalized spacial score (nSPS) is 11.5. The Morgan fingerprint density at radius 3 is 2.41 bits per heavy atom. The predicted molar refractivity (Wildman–Crippen MR) is 181 cm³/mol. The van der Waals surface area contributed by atoms with Crippen LogP contribution in [0.2, 0.25) is 0 Å². The van der Waals surface area contributed by atoms with Gasteiger partial charge in [0.05, 0.1) is 39.4 Å². The Bertz CT molecular complexity index is 1810. The van der Waals surface area contributed by atoms with Gasteiger partial charge in [-0.3, -0.25) is 4.79 Å². The Hall–Kier alpha value is -5.42. The molecule has 0 radical (unpaired) electrons. The van der Waals surface area contributed by atoms with Gasteiger partial charge in [-0.1, -0.05) is 48.5 Å². The third kappa shape index (κ3) is 7.99. The van der Waals surface area contributed by atoms with Crippen molar-refractivity contribution in [1.29, 1.82) is 5.26 Å². The number of nitriles is 1. The number of fused-ring (bicyclic) bond motifs is 1. The van der Waals surface area contributed by atoms with E-state index >= 15 is 0 Å². The molecule has 46 heavy (non-hydrogen) atoms.